The highest BCUT2D eigenvalue weighted by Crippen LogP contribution is 2.28. The van der Waals surface area contributed by atoms with Crippen molar-refractivity contribution in [2.45, 2.75) is 12.5 Å². The van der Waals surface area contributed by atoms with Crippen molar-refractivity contribution in [1.82, 2.24) is 5.43 Å². The molecule has 0 aliphatic rings. The average molecular weight is 345 g/mol. The lowest BCUT2D eigenvalue weighted by atomic mass is 9.99. The molecular formula is C14H12BrF3N2. The van der Waals surface area contributed by atoms with Gasteiger partial charge in [0.05, 0.1) is 6.04 Å². The zero-order valence-corrected chi connectivity index (χ0v) is 11.9. The molecule has 0 aliphatic heterocycles. The summed E-state index contributed by atoms with van der Waals surface area (Å²) in [5, 5.41) is 0. The van der Waals surface area contributed by atoms with Crippen LogP contribution in [0.25, 0.3) is 0 Å². The van der Waals surface area contributed by atoms with Crippen LogP contribution in [0.3, 0.4) is 0 Å². The van der Waals surface area contributed by atoms with Gasteiger partial charge in [0.15, 0.2) is 11.6 Å². The standard InChI is InChI=1S/C14H12BrF3N2/c15-9-2-1-3-11(17)14(9)13(20-19)7-8-4-5-10(16)12(18)6-8/h1-6,13,20H,7,19H2. The predicted octanol–water partition coefficient (Wildman–Crippen LogP) is 3.61. The first-order valence-corrected chi connectivity index (χ1v) is 6.66. The summed E-state index contributed by atoms with van der Waals surface area (Å²) in [6.45, 7) is 0. The van der Waals surface area contributed by atoms with Crippen molar-refractivity contribution in [3.05, 3.63) is 69.4 Å². The van der Waals surface area contributed by atoms with E-state index >= 15 is 0 Å². The third-order valence-corrected chi connectivity index (χ3v) is 3.66. The first-order valence-electron chi connectivity index (χ1n) is 5.87. The molecule has 0 aromatic heterocycles. The molecule has 2 aromatic rings. The molecule has 0 spiro atoms. The maximum atomic E-state index is 13.9. The first-order chi connectivity index (χ1) is 9.52. The van der Waals surface area contributed by atoms with E-state index in [-0.39, 0.29) is 6.42 Å². The van der Waals surface area contributed by atoms with Crippen LogP contribution in [0.4, 0.5) is 13.2 Å². The maximum absolute atomic E-state index is 13.9. The Hall–Kier alpha value is -1.37. The number of hydrazine groups is 1. The third-order valence-electron chi connectivity index (χ3n) is 2.97. The van der Waals surface area contributed by atoms with Crippen molar-refractivity contribution < 1.29 is 13.2 Å². The van der Waals surface area contributed by atoms with Crippen LogP contribution in [0, 0.1) is 17.5 Å². The van der Waals surface area contributed by atoms with Crippen LogP contribution in [-0.2, 0) is 6.42 Å². The predicted molar refractivity (Wildman–Crippen MR) is 74.2 cm³/mol. The molecule has 0 saturated carbocycles. The normalized spacial score (nSPS) is 12.4. The summed E-state index contributed by atoms with van der Waals surface area (Å²) >= 11 is 3.26. The molecule has 0 aliphatic carbocycles. The third kappa shape index (κ3) is 3.20. The van der Waals surface area contributed by atoms with Crippen molar-refractivity contribution in [2.75, 3.05) is 0 Å². The van der Waals surface area contributed by atoms with Gasteiger partial charge >= 0.3 is 0 Å². The molecule has 2 nitrogen and oxygen atoms in total. The smallest absolute Gasteiger partial charge is 0.159 e. The maximum Gasteiger partial charge on any atom is 0.159 e. The van der Waals surface area contributed by atoms with E-state index < -0.39 is 23.5 Å². The molecule has 1 unspecified atom stereocenters. The second-order valence-corrected chi connectivity index (χ2v) is 5.16. The Kier molecular flexibility index (Phi) is 4.80. The van der Waals surface area contributed by atoms with E-state index in [0.717, 1.165) is 12.1 Å². The monoisotopic (exact) mass is 344 g/mol. The Morgan fingerprint density at radius 1 is 1.05 bits per heavy atom. The van der Waals surface area contributed by atoms with Crippen LogP contribution in [0.2, 0.25) is 0 Å². The van der Waals surface area contributed by atoms with Crippen molar-refractivity contribution >= 4 is 15.9 Å². The molecule has 106 valence electrons. The van der Waals surface area contributed by atoms with Gasteiger partial charge in [0.2, 0.25) is 0 Å². The van der Waals surface area contributed by atoms with Crippen LogP contribution in [0.1, 0.15) is 17.2 Å². The molecule has 20 heavy (non-hydrogen) atoms. The lowest BCUT2D eigenvalue weighted by Crippen LogP contribution is -2.30. The van der Waals surface area contributed by atoms with Crippen molar-refractivity contribution in [2.24, 2.45) is 5.84 Å². The molecule has 0 bridgehead atoms. The van der Waals surface area contributed by atoms with Gasteiger partial charge in [0.1, 0.15) is 5.82 Å². The Morgan fingerprint density at radius 3 is 2.40 bits per heavy atom. The highest BCUT2D eigenvalue weighted by molar-refractivity contribution is 9.10. The molecule has 6 heteroatoms. The Bertz CT molecular complexity index is 599. The zero-order chi connectivity index (χ0) is 14.7. The number of halogens is 4. The summed E-state index contributed by atoms with van der Waals surface area (Å²) in [5.41, 5.74) is 3.36. The summed E-state index contributed by atoms with van der Waals surface area (Å²) < 4.78 is 40.5. The van der Waals surface area contributed by atoms with Crippen molar-refractivity contribution in [1.29, 1.82) is 0 Å². The molecule has 2 aromatic carbocycles. The highest BCUT2D eigenvalue weighted by Gasteiger charge is 2.18. The van der Waals surface area contributed by atoms with Crippen molar-refractivity contribution in [3.63, 3.8) is 0 Å². The quantitative estimate of drug-likeness (QED) is 0.656. The molecule has 0 heterocycles. The van der Waals surface area contributed by atoms with Gasteiger partial charge in [-0.1, -0.05) is 28.1 Å². The number of hydrogen-bond acceptors (Lipinski definition) is 2. The number of rotatable bonds is 4. The minimum absolute atomic E-state index is 0.229. The van der Waals surface area contributed by atoms with Gasteiger partial charge in [-0.25, -0.2) is 13.2 Å². The molecule has 0 radical (unpaired) electrons. The Labute approximate surface area is 122 Å². The molecule has 2 rings (SSSR count). The summed E-state index contributed by atoms with van der Waals surface area (Å²) in [4.78, 5) is 0. The van der Waals surface area contributed by atoms with E-state index in [9.17, 15) is 13.2 Å². The minimum atomic E-state index is -0.939. The van der Waals surface area contributed by atoms with E-state index in [1.807, 2.05) is 0 Å². The van der Waals surface area contributed by atoms with Gasteiger partial charge in [-0.3, -0.25) is 11.3 Å². The fourth-order valence-corrected chi connectivity index (χ4v) is 2.61. The summed E-state index contributed by atoms with van der Waals surface area (Å²) in [6.07, 6.45) is 0.229. The Morgan fingerprint density at radius 2 is 1.80 bits per heavy atom. The van der Waals surface area contributed by atoms with Gasteiger partial charge in [0.25, 0.3) is 0 Å². The summed E-state index contributed by atoms with van der Waals surface area (Å²) in [7, 11) is 0. The lowest BCUT2D eigenvalue weighted by molar-refractivity contribution is 0.494. The molecule has 1 atom stereocenters. The van der Waals surface area contributed by atoms with Gasteiger partial charge < -0.3 is 0 Å². The fourth-order valence-electron chi connectivity index (χ4n) is 1.99. The summed E-state index contributed by atoms with van der Waals surface area (Å²) in [6, 6.07) is 7.56. The van der Waals surface area contributed by atoms with Gasteiger partial charge in [0, 0.05) is 10.0 Å². The molecule has 0 amide bonds. The zero-order valence-electron chi connectivity index (χ0n) is 10.3. The van der Waals surface area contributed by atoms with E-state index in [0.29, 0.717) is 15.6 Å². The average Bonchev–Trinajstić information content (AvgIpc) is 2.41. The van der Waals surface area contributed by atoms with Crippen molar-refractivity contribution in [3.8, 4) is 0 Å². The topological polar surface area (TPSA) is 38.0 Å². The number of nitrogens with two attached hydrogens (primary N) is 1. The van der Waals surface area contributed by atoms with Gasteiger partial charge in [-0.2, -0.15) is 0 Å². The number of benzene rings is 2. The second kappa shape index (κ2) is 6.39. The molecular weight excluding hydrogens is 333 g/mol. The van der Waals surface area contributed by atoms with E-state index in [2.05, 4.69) is 21.4 Å². The van der Waals surface area contributed by atoms with Crippen LogP contribution < -0.4 is 11.3 Å². The van der Waals surface area contributed by atoms with Crippen LogP contribution >= 0.6 is 15.9 Å². The lowest BCUT2D eigenvalue weighted by Gasteiger charge is -2.18. The highest BCUT2D eigenvalue weighted by atomic mass is 79.9. The Balaban J connectivity index is 2.31. The largest absolute Gasteiger partial charge is 0.271 e. The first kappa shape index (κ1) is 15.0. The van der Waals surface area contributed by atoms with Crippen LogP contribution in [0.15, 0.2) is 40.9 Å². The summed E-state index contributed by atoms with van der Waals surface area (Å²) in [5.74, 6) is 3.17. The second-order valence-electron chi connectivity index (χ2n) is 4.31. The van der Waals surface area contributed by atoms with E-state index in [1.165, 1.54) is 12.1 Å². The molecule has 0 fully saturated rings. The number of nitrogens with one attached hydrogen (secondary N) is 1. The van der Waals surface area contributed by atoms with Crippen LogP contribution in [-0.4, -0.2) is 0 Å². The van der Waals surface area contributed by atoms with E-state index in [1.54, 1.807) is 12.1 Å². The molecule has 0 saturated heterocycles. The minimum Gasteiger partial charge on any atom is -0.271 e. The van der Waals surface area contributed by atoms with Gasteiger partial charge in [-0.05, 0) is 36.2 Å². The molecule has 3 N–H and O–H groups in total. The van der Waals surface area contributed by atoms with E-state index in [4.69, 9.17) is 5.84 Å². The van der Waals surface area contributed by atoms with Crippen LogP contribution in [0.5, 0.6) is 0 Å². The SMILES string of the molecule is NNC(Cc1ccc(F)c(F)c1)c1c(F)cccc1Br. The fraction of sp³-hybridized carbons (Fsp3) is 0.143. The number of hydrogen-bond donors (Lipinski definition) is 2. The van der Waals surface area contributed by atoms with Gasteiger partial charge in [-0.15, -0.1) is 0 Å².